The molecule has 0 unspecified atom stereocenters. The van der Waals surface area contributed by atoms with Gasteiger partial charge in [-0.15, -0.1) is 6.42 Å². The number of terminal acetylenes is 1. The molecule has 0 bridgehead atoms. The van der Waals surface area contributed by atoms with Crippen molar-refractivity contribution in [2.45, 2.75) is 11.1 Å². The second kappa shape index (κ2) is 16.0. The lowest BCUT2D eigenvalue weighted by Gasteiger charge is -2.12. The molecule has 2 aromatic rings. The average molecular weight is 576 g/mol. The molecule has 0 atom stereocenters. The number of methoxy groups -OCH3 is 1. The van der Waals surface area contributed by atoms with Crippen molar-refractivity contribution >= 4 is 54.4 Å². The van der Waals surface area contributed by atoms with Crippen LogP contribution in [0, 0.1) is 83.4 Å². The number of nitrogens with two attached hydrogens (primary N) is 1. The monoisotopic (exact) mass is 575 g/mol. The van der Waals surface area contributed by atoms with Gasteiger partial charge in [0.25, 0.3) is 10.0 Å². The number of benzene rings is 1. The Hall–Kier alpha value is -4.73. The van der Waals surface area contributed by atoms with Crippen molar-refractivity contribution in [1.29, 1.82) is 0 Å². The Morgan fingerprint density at radius 3 is 2.06 bits per heavy atom. The molecule has 176 valence electrons. The molecule has 0 fully saturated rings. The molecule has 0 amide bonds. The zero-order chi connectivity index (χ0) is 26.8. The number of nitrogen functional groups attached to an aromatic ring is 1. The molecule has 0 saturated carbocycles. The highest BCUT2D eigenvalue weighted by Crippen LogP contribution is 2.33. The lowest BCUT2D eigenvalue weighted by atomic mass is 10.2. The van der Waals surface area contributed by atoms with Crippen LogP contribution in [-0.2, 0) is 10.0 Å². The van der Waals surface area contributed by atoms with Gasteiger partial charge in [0, 0.05) is 10.0 Å². The molecule has 0 radical (unpaired) electrons. The molecular weight excluding hydrogens is 562 g/mol. The zero-order valence-corrected chi connectivity index (χ0v) is 22.0. The van der Waals surface area contributed by atoms with Gasteiger partial charge in [-0.05, 0) is 106 Å². The van der Waals surface area contributed by atoms with Crippen LogP contribution in [0.1, 0.15) is 17.3 Å². The number of carbonyl (C=O) groups excluding carboxylic acids is 1. The van der Waals surface area contributed by atoms with Crippen molar-refractivity contribution in [3.8, 4) is 89.1 Å². The van der Waals surface area contributed by atoms with Crippen molar-refractivity contribution in [2.24, 2.45) is 0 Å². The van der Waals surface area contributed by atoms with Gasteiger partial charge in [-0.1, -0.05) is 17.3 Å². The molecule has 1 aromatic heterocycles. The maximum Gasteiger partial charge on any atom is 0.273 e. The number of hydrogen-bond acceptors (Lipinski definition) is 7. The number of nitrogens with zero attached hydrogens (tertiary/aromatic N) is 1. The number of aldehydes is 1. The maximum absolute atomic E-state index is 12.2. The molecule has 0 aliphatic heterocycles. The first kappa shape index (κ1) is 29.3. The number of aromatic nitrogens is 1. The summed E-state index contributed by atoms with van der Waals surface area (Å²) in [6.07, 6.45) is 6.68. The summed E-state index contributed by atoms with van der Waals surface area (Å²) in [5.74, 6) is 32.1. The summed E-state index contributed by atoms with van der Waals surface area (Å²) in [4.78, 5) is 14.6. The minimum Gasteiger partial charge on any atom is -0.495 e. The number of thiazole rings is 1. The summed E-state index contributed by atoms with van der Waals surface area (Å²) < 4.78 is 32.3. The van der Waals surface area contributed by atoms with Gasteiger partial charge in [-0.3, -0.25) is 9.52 Å². The molecule has 7 nitrogen and oxygen atoms in total. The van der Waals surface area contributed by atoms with Crippen LogP contribution in [0.5, 0.6) is 5.75 Å². The van der Waals surface area contributed by atoms with E-state index < -0.39 is 10.0 Å². The summed E-state index contributed by atoms with van der Waals surface area (Å²) in [7, 11) is -2.45. The number of halogens is 1. The Labute approximate surface area is 222 Å². The summed E-state index contributed by atoms with van der Waals surface area (Å²) in [6, 6.07) is 2.88. The first-order chi connectivity index (χ1) is 17.3. The minimum atomic E-state index is -3.82. The van der Waals surface area contributed by atoms with E-state index in [2.05, 4.69) is 103 Å². The van der Waals surface area contributed by atoms with E-state index in [1.807, 2.05) is 0 Å². The molecule has 1 aromatic carbocycles. The number of hydrogen-bond donors (Lipinski definition) is 2. The quantitative estimate of drug-likeness (QED) is 0.419. The largest absolute Gasteiger partial charge is 0.495 e. The zero-order valence-electron chi connectivity index (χ0n) is 18.7. The Bertz CT molecular complexity index is 1670. The van der Waals surface area contributed by atoms with Crippen molar-refractivity contribution in [3.63, 3.8) is 0 Å². The van der Waals surface area contributed by atoms with Crippen LogP contribution in [0.2, 0.25) is 0 Å². The van der Waals surface area contributed by atoms with Crippen LogP contribution in [0.25, 0.3) is 0 Å². The van der Waals surface area contributed by atoms with E-state index in [4.69, 9.17) is 16.9 Å². The summed E-state index contributed by atoms with van der Waals surface area (Å²) in [6.45, 7) is 1.70. The lowest BCUT2D eigenvalue weighted by molar-refractivity contribution is 0.112. The molecule has 0 aliphatic rings. The predicted octanol–water partition coefficient (Wildman–Crippen LogP) is 2.77. The van der Waals surface area contributed by atoms with Gasteiger partial charge in [0.2, 0.25) is 0 Å². The second-order valence-corrected chi connectivity index (χ2v) is 9.41. The van der Waals surface area contributed by atoms with Gasteiger partial charge < -0.3 is 10.5 Å². The van der Waals surface area contributed by atoms with E-state index in [-0.39, 0.29) is 20.8 Å². The van der Waals surface area contributed by atoms with Gasteiger partial charge in [0.05, 0.1) is 19.0 Å². The normalized spacial score (nSPS) is 8.06. The SMILES string of the molecule is C#CC#CC#CC#CC#CC#CC#CC.COc1cc(C=O)c(Br)cc1NS(=O)(=O)c1cnc(N)s1. The fourth-order valence-corrected chi connectivity index (χ4v) is 4.29. The summed E-state index contributed by atoms with van der Waals surface area (Å²) in [5, 5.41) is 0.153. The molecular formula is C26H14BrN3O4S2. The average Bonchev–Trinajstić information content (AvgIpc) is 3.30. The van der Waals surface area contributed by atoms with Crippen molar-refractivity contribution < 1.29 is 17.9 Å². The molecule has 0 spiro atoms. The number of anilines is 2. The molecule has 3 N–H and O–H groups in total. The summed E-state index contributed by atoms with van der Waals surface area (Å²) in [5.41, 5.74) is 5.97. The Morgan fingerprint density at radius 1 is 1.06 bits per heavy atom. The standard InChI is InChI=1S/C15H4.C11H10BrN3O4S2/c1-3-5-7-9-11-13-15-14-12-10-8-6-4-2;1-19-9-2-6(5-16)7(12)3-8(9)15-21(17,18)10-4-14-11(13)20-10/h1H,2H3;2-5,15H,1H3,(H2,13,14). The molecule has 0 saturated heterocycles. The molecule has 2 rings (SSSR count). The predicted molar refractivity (Wildman–Crippen MR) is 145 cm³/mol. The van der Waals surface area contributed by atoms with E-state index in [0.717, 1.165) is 11.3 Å². The third-order valence-electron chi connectivity index (χ3n) is 3.28. The Balaban J connectivity index is 0.000000384. The molecule has 10 heteroatoms. The summed E-state index contributed by atoms with van der Waals surface area (Å²) >= 11 is 4.03. The molecule has 0 aliphatic carbocycles. The topological polar surface area (TPSA) is 111 Å². The fourth-order valence-electron chi connectivity index (χ4n) is 1.88. The lowest BCUT2D eigenvalue weighted by Crippen LogP contribution is -2.12. The van der Waals surface area contributed by atoms with Crippen LogP contribution in [-0.4, -0.2) is 26.8 Å². The Kier molecular flexibility index (Phi) is 13.0. The van der Waals surface area contributed by atoms with Gasteiger partial charge >= 0.3 is 0 Å². The van der Waals surface area contributed by atoms with Crippen LogP contribution in [0.15, 0.2) is 27.0 Å². The van der Waals surface area contributed by atoms with Crippen molar-refractivity contribution in [1.82, 2.24) is 4.98 Å². The van der Waals surface area contributed by atoms with Gasteiger partial charge in [0.15, 0.2) is 15.6 Å². The van der Waals surface area contributed by atoms with E-state index in [9.17, 15) is 13.2 Å². The van der Waals surface area contributed by atoms with Gasteiger partial charge in [-0.25, -0.2) is 13.4 Å². The van der Waals surface area contributed by atoms with Crippen LogP contribution in [0.3, 0.4) is 0 Å². The smallest absolute Gasteiger partial charge is 0.273 e. The first-order valence-electron chi connectivity index (χ1n) is 9.23. The number of nitrogens with one attached hydrogen (secondary N) is 1. The highest BCUT2D eigenvalue weighted by Gasteiger charge is 2.20. The van der Waals surface area contributed by atoms with Gasteiger partial charge in [-0.2, -0.15) is 0 Å². The third kappa shape index (κ3) is 10.5. The maximum atomic E-state index is 12.2. The number of carbonyl (C=O) groups is 1. The van der Waals surface area contributed by atoms with Crippen LogP contribution < -0.4 is 15.2 Å². The number of ether oxygens (including phenoxy) is 1. The van der Waals surface area contributed by atoms with Crippen molar-refractivity contribution in [3.05, 3.63) is 28.4 Å². The first-order valence-corrected chi connectivity index (χ1v) is 12.3. The van der Waals surface area contributed by atoms with Gasteiger partial charge in [0.1, 0.15) is 5.75 Å². The van der Waals surface area contributed by atoms with E-state index in [1.54, 1.807) is 6.92 Å². The number of sulfonamides is 1. The van der Waals surface area contributed by atoms with Crippen LogP contribution in [0.4, 0.5) is 10.8 Å². The minimum absolute atomic E-state index is 0.0161. The van der Waals surface area contributed by atoms with E-state index in [1.165, 1.54) is 25.4 Å². The number of rotatable bonds is 5. The second-order valence-electron chi connectivity index (χ2n) is 5.58. The Morgan fingerprint density at radius 2 is 1.61 bits per heavy atom. The third-order valence-corrected chi connectivity index (χ3v) is 6.62. The van der Waals surface area contributed by atoms with E-state index >= 15 is 0 Å². The van der Waals surface area contributed by atoms with Crippen LogP contribution >= 0.6 is 27.3 Å². The molecule has 36 heavy (non-hydrogen) atoms. The fraction of sp³-hybridized carbons (Fsp3) is 0.0769. The highest BCUT2D eigenvalue weighted by molar-refractivity contribution is 9.10. The van der Waals surface area contributed by atoms with Crippen molar-refractivity contribution in [2.75, 3.05) is 17.6 Å². The molecule has 1 heterocycles. The highest BCUT2D eigenvalue weighted by atomic mass is 79.9. The van der Waals surface area contributed by atoms with E-state index in [0.29, 0.717) is 16.3 Å².